The monoisotopic (exact) mass is 426 g/mol. The molecule has 0 saturated carbocycles. The summed E-state index contributed by atoms with van der Waals surface area (Å²) < 4.78 is 21.2. The van der Waals surface area contributed by atoms with E-state index in [4.69, 9.17) is 22.1 Å². The number of rotatable bonds is 2. The van der Waals surface area contributed by atoms with Gasteiger partial charge in [0, 0.05) is 53.1 Å². The first-order valence-corrected chi connectivity index (χ1v) is 10.4. The van der Waals surface area contributed by atoms with Crippen LogP contribution in [-0.4, -0.2) is 47.2 Å². The molecule has 2 aliphatic heterocycles. The number of aromatic nitrogens is 3. The molecule has 3 aromatic rings. The lowest BCUT2D eigenvalue weighted by molar-refractivity contribution is 0.379. The van der Waals surface area contributed by atoms with Gasteiger partial charge in [-0.25, -0.2) is 9.37 Å². The van der Waals surface area contributed by atoms with Gasteiger partial charge in [-0.15, -0.1) is 0 Å². The molecule has 0 spiro atoms. The molecule has 2 unspecified atom stereocenters. The van der Waals surface area contributed by atoms with E-state index >= 15 is 4.39 Å². The lowest BCUT2D eigenvalue weighted by Gasteiger charge is -2.37. The smallest absolute Gasteiger partial charge is 0.318 e. The highest BCUT2D eigenvalue weighted by Crippen LogP contribution is 2.45. The molecule has 2 fully saturated rings. The normalized spacial score (nSPS) is 21.8. The van der Waals surface area contributed by atoms with Gasteiger partial charge in [-0.3, -0.25) is 0 Å². The number of ether oxygens (including phenoxy) is 1. The lowest BCUT2D eigenvalue weighted by atomic mass is 10.0. The quantitative estimate of drug-likeness (QED) is 0.509. The predicted molar refractivity (Wildman–Crippen MR) is 114 cm³/mol. The Morgan fingerprint density at radius 3 is 2.70 bits per heavy atom. The number of fused-ring (bicyclic) bond motifs is 6. The average Bonchev–Trinajstić information content (AvgIpc) is 3.21. The fraction of sp³-hybridized carbons (Fsp3) is 0.381. The Kier molecular flexibility index (Phi) is 3.85. The second-order valence-corrected chi connectivity index (χ2v) is 8.55. The maximum absolute atomic E-state index is 15.9. The molecule has 4 heterocycles. The molecule has 154 valence electrons. The van der Waals surface area contributed by atoms with E-state index in [0.29, 0.717) is 40.2 Å². The maximum atomic E-state index is 15.9. The zero-order valence-electron chi connectivity index (χ0n) is 16.4. The number of halogens is 2. The van der Waals surface area contributed by atoms with Crippen molar-refractivity contribution in [2.75, 3.05) is 30.8 Å². The first-order valence-electron chi connectivity index (χ1n) is 10.1. The third-order valence-electron chi connectivity index (χ3n) is 6.47. The molecule has 7 nitrogen and oxygen atoms in total. The highest BCUT2D eigenvalue weighted by molar-refractivity contribution is 6.32. The molecule has 3 aliphatic rings. The number of anilines is 2. The van der Waals surface area contributed by atoms with Crippen LogP contribution < -0.4 is 20.7 Å². The Hall–Kier alpha value is -2.71. The van der Waals surface area contributed by atoms with Gasteiger partial charge < -0.3 is 20.7 Å². The summed E-state index contributed by atoms with van der Waals surface area (Å²) in [5.74, 6) is 0.575. The van der Waals surface area contributed by atoms with Crippen LogP contribution in [0, 0.1) is 5.82 Å². The van der Waals surface area contributed by atoms with Gasteiger partial charge in [0.05, 0.1) is 12.8 Å². The second-order valence-electron chi connectivity index (χ2n) is 8.14. The van der Waals surface area contributed by atoms with E-state index in [-0.39, 0.29) is 17.3 Å². The third-order valence-corrected chi connectivity index (χ3v) is 6.81. The number of hydrogen-bond acceptors (Lipinski definition) is 7. The lowest BCUT2D eigenvalue weighted by Crippen LogP contribution is -2.52. The molecule has 0 amide bonds. The largest absolute Gasteiger partial charge is 0.467 e. The zero-order chi connectivity index (χ0) is 20.6. The number of nitrogens with two attached hydrogens (primary N) is 1. The minimum Gasteiger partial charge on any atom is -0.467 e. The number of methoxy groups -OCH3 is 1. The number of piperazine rings is 1. The molecule has 9 heteroatoms. The summed E-state index contributed by atoms with van der Waals surface area (Å²) in [6.45, 7) is 1.78. The highest BCUT2D eigenvalue weighted by atomic mass is 35.5. The highest BCUT2D eigenvalue weighted by Gasteiger charge is 2.39. The third kappa shape index (κ3) is 2.43. The van der Waals surface area contributed by atoms with Crippen LogP contribution in [-0.2, 0) is 6.42 Å². The molecular formula is C21H20ClFN6O. The van der Waals surface area contributed by atoms with Crippen LogP contribution in [0.25, 0.3) is 22.2 Å². The van der Waals surface area contributed by atoms with E-state index < -0.39 is 5.82 Å². The Bertz CT molecular complexity index is 1200. The van der Waals surface area contributed by atoms with Gasteiger partial charge in [0.2, 0.25) is 0 Å². The summed E-state index contributed by atoms with van der Waals surface area (Å²) >= 11 is 6.39. The number of hydrogen-bond donors (Lipinski definition) is 2. The van der Waals surface area contributed by atoms with Crippen LogP contribution in [0.5, 0.6) is 6.01 Å². The molecule has 0 radical (unpaired) electrons. The summed E-state index contributed by atoms with van der Waals surface area (Å²) in [6.07, 6.45) is 2.68. The van der Waals surface area contributed by atoms with Crippen molar-refractivity contribution in [3.05, 3.63) is 34.1 Å². The van der Waals surface area contributed by atoms with Crippen molar-refractivity contribution >= 4 is 34.1 Å². The fourth-order valence-corrected chi connectivity index (χ4v) is 5.44. The fourth-order valence-electron chi connectivity index (χ4n) is 5.18. The van der Waals surface area contributed by atoms with Crippen molar-refractivity contribution in [3.63, 3.8) is 0 Å². The standard InChI is InChI=1S/C21H20ClFN6O/c1-30-21-27-19-13(20(28-21)29-10-2-3-11(29)8-25-7-10)5-9-4-12-14(22)6-15(24)26-18(12)16(9)17(19)23/h5-6,10-11,25H,2-4,7-8H2,1H3,(H2,24,26). The molecule has 2 atom stereocenters. The number of benzene rings is 1. The zero-order valence-corrected chi connectivity index (χ0v) is 17.1. The van der Waals surface area contributed by atoms with Crippen LogP contribution in [0.4, 0.5) is 16.0 Å². The van der Waals surface area contributed by atoms with Crippen molar-refractivity contribution in [3.8, 4) is 17.3 Å². The van der Waals surface area contributed by atoms with Crippen LogP contribution in [0.1, 0.15) is 24.0 Å². The van der Waals surface area contributed by atoms with Crippen molar-refractivity contribution in [1.29, 1.82) is 0 Å². The van der Waals surface area contributed by atoms with E-state index in [2.05, 4.69) is 25.2 Å². The van der Waals surface area contributed by atoms with Crippen LogP contribution in [0.15, 0.2) is 12.1 Å². The summed E-state index contributed by atoms with van der Waals surface area (Å²) in [7, 11) is 1.50. The molecule has 1 aromatic carbocycles. The summed E-state index contributed by atoms with van der Waals surface area (Å²) in [5, 5.41) is 4.67. The summed E-state index contributed by atoms with van der Waals surface area (Å²) in [5.41, 5.74) is 8.65. The van der Waals surface area contributed by atoms with Gasteiger partial charge in [-0.05, 0) is 30.5 Å². The number of nitrogen functional groups attached to an aromatic ring is 1. The van der Waals surface area contributed by atoms with E-state index in [0.717, 1.165) is 42.9 Å². The maximum Gasteiger partial charge on any atom is 0.318 e. The van der Waals surface area contributed by atoms with Gasteiger partial charge in [-0.1, -0.05) is 11.6 Å². The van der Waals surface area contributed by atoms with Crippen molar-refractivity contribution in [2.24, 2.45) is 0 Å². The Balaban J connectivity index is 1.62. The number of nitrogens with one attached hydrogen (secondary N) is 1. The molecule has 30 heavy (non-hydrogen) atoms. The number of nitrogens with zero attached hydrogens (tertiary/aromatic N) is 4. The van der Waals surface area contributed by atoms with E-state index in [1.807, 2.05) is 6.07 Å². The Labute approximate surface area is 177 Å². The molecule has 2 aromatic heterocycles. The van der Waals surface area contributed by atoms with Crippen LogP contribution in [0.2, 0.25) is 5.02 Å². The topological polar surface area (TPSA) is 89.2 Å². The van der Waals surface area contributed by atoms with Crippen molar-refractivity contribution in [2.45, 2.75) is 31.3 Å². The molecular weight excluding hydrogens is 407 g/mol. The first kappa shape index (κ1) is 18.1. The SMILES string of the molecule is COc1nc(N2C3CCC2CNC3)c2cc3c(c(F)c2n1)-c1nc(N)cc(Cl)c1C3. The molecule has 1 aliphatic carbocycles. The van der Waals surface area contributed by atoms with Crippen LogP contribution in [0.3, 0.4) is 0 Å². The van der Waals surface area contributed by atoms with Gasteiger partial charge in [0.25, 0.3) is 0 Å². The minimum atomic E-state index is -0.431. The van der Waals surface area contributed by atoms with Crippen molar-refractivity contribution in [1.82, 2.24) is 20.3 Å². The molecule has 6 rings (SSSR count). The molecule has 3 N–H and O–H groups in total. The molecule has 2 saturated heterocycles. The average molecular weight is 427 g/mol. The number of pyridine rings is 1. The van der Waals surface area contributed by atoms with Gasteiger partial charge >= 0.3 is 6.01 Å². The van der Waals surface area contributed by atoms with E-state index in [1.165, 1.54) is 7.11 Å². The molecule has 2 bridgehead atoms. The summed E-state index contributed by atoms with van der Waals surface area (Å²) in [4.78, 5) is 15.7. The first-order chi connectivity index (χ1) is 14.5. The van der Waals surface area contributed by atoms with E-state index in [9.17, 15) is 0 Å². The van der Waals surface area contributed by atoms with E-state index in [1.54, 1.807) is 6.07 Å². The Morgan fingerprint density at radius 1 is 1.20 bits per heavy atom. The van der Waals surface area contributed by atoms with Crippen molar-refractivity contribution < 1.29 is 9.13 Å². The predicted octanol–water partition coefficient (Wildman–Crippen LogP) is 2.92. The Morgan fingerprint density at radius 2 is 1.97 bits per heavy atom. The minimum absolute atomic E-state index is 0.158. The second kappa shape index (κ2) is 6.39. The van der Waals surface area contributed by atoms with Gasteiger partial charge in [-0.2, -0.15) is 9.97 Å². The van der Waals surface area contributed by atoms with Gasteiger partial charge in [0.1, 0.15) is 17.2 Å². The van der Waals surface area contributed by atoms with Gasteiger partial charge in [0.15, 0.2) is 5.82 Å². The summed E-state index contributed by atoms with van der Waals surface area (Å²) in [6, 6.07) is 4.41. The van der Waals surface area contributed by atoms with Crippen LogP contribution >= 0.6 is 11.6 Å².